The van der Waals surface area contributed by atoms with E-state index < -0.39 is 9.84 Å². The molecule has 0 saturated heterocycles. The summed E-state index contributed by atoms with van der Waals surface area (Å²) in [5.74, 6) is 0.278. The van der Waals surface area contributed by atoms with Crippen LogP contribution < -0.4 is 5.32 Å². The average Bonchev–Trinajstić information content (AvgIpc) is 3.10. The molecule has 3 rings (SSSR count). The Labute approximate surface area is 163 Å². The monoisotopic (exact) mass is 399 g/mol. The summed E-state index contributed by atoms with van der Waals surface area (Å²) in [4.78, 5) is 12.4. The minimum Gasteiger partial charge on any atom is -0.403 e. The lowest BCUT2D eigenvalue weighted by Crippen LogP contribution is -2.14. The molecule has 0 aliphatic carbocycles. The van der Waals surface area contributed by atoms with Gasteiger partial charge in [0.2, 0.25) is 11.8 Å². The zero-order valence-corrected chi connectivity index (χ0v) is 16.7. The Morgan fingerprint density at radius 3 is 2.46 bits per heavy atom. The number of hydrogen-bond donors (Lipinski definition) is 1. The number of carbonyl (C=O) groups is 1. The number of nitrogens with one attached hydrogen (secondary N) is 1. The number of aromatic nitrogens is 2. The molecule has 3 aromatic rings. The Bertz CT molecular complexity index is 1090. The van der Waals surface area contributed by atoms with Crippen molar-refractivity contribution in [2.75, 3.05) is 11.6 Å². The Balaban J connectivity index is 1.68. The molecule has 1 N–H and O–H groups in total. The molecule has 1 amide bonds. The van der Waals surface area contributed by atoms with Gasteiger partial charge in [-0.05, 0) is 35.2 Å². The highest BCUT2D eigenvalue weighted by atomic mass is 32.2. The molecule has 7 nitrogen and oxygen atoms in total. The lowest BCUT2D eigenvalue weighted by Gasteiger charge is -2.06. The van der Waals surface area contributed by atoms with Crippen molar-refractivity contribution in [3.8, 4) is 11.5 Å². The first-order valence-electron chi connectivity index (χ1n) is 8.75. The highest BCUT2D eigenvalue weighted by molar-refractivity contribution is 7.90. The zero-order chi connectivity index (χ0) is 20.3. The number of carbonyl (C=O) groups excluding carboxylic acids is 1. The number of benzene rings is 2. The second kappa shape index (κ2) is 7.93. The van der Waals surface area contributed by atoms with Crippen molar-refractivity contribution in [1.82, 2.24) is 10.2 Å². The van der Waals surface area contributed by atoms with E-state index in [1.807, 2.05) is 24.3 Å². The number of rotatable bonds is 6. The summed E-state index contributed by atoms with van der Waals surface area (Å²) in [5.41, 5.74) is 2.55. The fraction of sp³-hybridized carbons (Fsp3) is 0.250. The summed E-state index contributed by atoms with van der Waals surface area (Å²) in [6, 6.07) is 14.0. The van der Waals surface area contributed by atoms with E-state index >= 15 is 0 Å². The van der Waals surface area contributed by atoms with Gasteiger partial charge in [-0.15, -0.1) is 5.10 Å². The topological polar surface area (TPSA) is 102 Å². The molecule has 0 aliphatic heterocycles. The molecule has 0 saturated carbocycles. The van der Waals surface area contributed by atoms with Crippen LogP contribution in [-0.2, 0) is 21.1 Å². The third-order valence-corrected chi connectivity index (χ3v) is 5.30. The van der Waals surface area contributed by atoms with E-state index in [-0.39, 0.29) is 29.1 Å². The first-order chi connectivity index (χ1) is 13.2. The molecule has 28 heavy (non-hydrogen) atoms. The number of nitrogens with zero attached hydrogens (tertiary/aromatic N) is 2. The summed E-state index contributed by atoms with van der Waals surface area (Å²) < 4.78 is 28.8. The van der Waals surface area contributed by atoms with Gasteiger partial charge in [0.05, 0.1) is 11.3 Å². The molecule has 0 aliphatic rings. The van der Waals surface area contributed by atoms with E-state index in [2.05, 4.69) is 29.4 Å². The highest BCUT2D eigenvalue weighted by Gasteiger charge is 2.14. The van der Waals surface area contributed by atoms with Gasteiger partial charge < -0.3 is 4.42 Å². The summed E-state index contributed by atoms with van der Waals surface area (Å²) in [6.07, 6.45) is 1.30. The maximum atomic E-state index is 12.2. The number of amides is 1. The van der Waals surface area contributed by atoms with Crippen LogP contribution in [0.4, 0.5) is 6.01 Å². The second-order valence-corrected chi connectivity index (χ2v) is 8.85. The van der Waals surface area contributed by atoms with Gasteiger partial charge in [0.15, 0.2) is 9.84 Å². The minimum atomic E-state index is -3.35. The van der Waals surface area contributed by atoms with Crippen molar-refractivity contribution in [1.29, 1.82) is 0 Å². The van der Waals surface area contributed by atoms with Crippen LogP contribution in [0.5, 0.6) is 0 Å². The Kier molecular flexibility index (Phi) is 5.60. The quantitative estimate of drug-likeness (QED) is 0.681. The Hall–Kier alpha value is -3.00. The van der Waals surface area contributed by atoms with Crippen molar-refractivity contribution in [2.24, 2.45) is 0 Å². The van der Waals surface area contributed by atoms with Crippen LogP contribution in [0.25, 0.3) is 11.5 Å². The maximum absolute atomic E-state index is 12.2. The predicted octanol–water partition coefficient (Wildman–Crippen LogP) is 3.44. The molecule has 0 atom stereocenters. The molecule has 2 aromatic carbocycles. The zero-order valence-electron chi connectivity index (χ0n) is 15.8. The largest absolute Gasteiger partial charge is 0.403 e. The molecular weight excluding hydrogens is 378 g/mol. The van der Waals surface area contributed by atoms with Gasteiger partial charge in [0, 0.05) is 11.8 Å². The molecule has 146 valence electrons. The number of sulfone groups is 1. The van der Waals surface area contributed by atoms with Crippen molar-refractivity contribution in [3.63, 3.8) is 0 Å². The number of hydrogen-bond acceptors (Lipinski definition) is 6. The van der Waals surface area contributed by atoms with Crippen LogP contribution in [-0.4, -0.2) is 30.8 Å². The number of anilines is 1. The van der Waals surface area contributed by atoms with Gasteiger partial charge in [0.25, 0.3) is 0 Å². The molecule has 0 fully saturated rings. The maximum Gasteiger partial charge on any atom is 0.322 e. The van der Waals surface area contributed by atoms with E-state index in [1.165, 1.54) is 17.7 Å². The molecule has 1 heterocycles. The summed E-state index contributed by atoms with van der Waals surface area (Å²) in [6.45, 7) is 4.22. The minimum absolute atomic E-state index is 0.0384. The van der Waals surface area contributed by atoms with Crippen molar-refractivity contribution >= 4 is 21.8 Å². The third-order valence-electron chi connectivity index (χ3n) is 4.19. The fourth-order valence-corrected chi connectivity index (χ4v) is 3.29. The van der Waals surface area contributed by atoms with Crippen LogP contribution >= 0.6 is 0 Å². The van der Waals surface area contributed by atoms with Crippen LogP contribution in [0.3, 0.4) is 0 Å². The molecule has 0 bridgehead atoms. The molecule has 8 heteroatoms. The van der Waals surface area contributed by atoms with Gasteiger partial charge in [0.1, 0.15) is 0 Å². The molecule has 0 spiro atoms. The molecular formula is C20H21N3O4S. The normalized spacial score (nSPS) is 11.6. The van der Waals surface area contributed by atoms with Crippen LogP contribution in [0.15, 0.2) is 57.8 Å². The standard InChI is InChI=1S/C20H21N3O4S/c1-13(2)15-9-7-14(8-10-15)11-18(24)21-20-23-22-19(27-20)16-5-4-6-17(12-16)28(3,25)26/h4-10,12-13H,11H2,1-3H3,(H,21,23,24). The van der Waals surface area contributed by atoms with Crippen molar-refractivity contribution < 1.29 is 17.6 Å². The first kappa shape index (κ1) is 19.8. The van der Waals surface area contributed by atoms with Gasteiger partial charge in [-0.3, -0.25) is 10.1 Å². The second-order valence-electron chi connectivity index (χ2n) is 6.83. The lowest BCUT2D eigenvalue weighted by atomic mass is 10.0. The van der Waals surface area contributed by atoms with Gasteiger partial charge >= 0.3 is 6.01 Å². The summed E-state index contributed by atoms with van der Waals surface area (Å²) in [7, 11) is -3.35. The van der Waals surface area contributed by atoms with Gasteiger partial charge in [-0.2, -0.15) is 0 Å². The third kappa shape index (κ3) is 4.83. The molecule has 1 aromatic heterocycles. The average molecular weight is 399 g/mol. The Morgan fingerprint density at radius 2 is 1.82 bits per heavy atom. The smallest absolute Gasteiger partial charge is 0.322 e. The van der Waals surface area contributed by atoms with Crippen LogP contribution in [0.2, 0.25) is 0 Å². The fourth-order valence-electron chi connectivity index (χ4n) is 2.62. The van der Waals surface area contributed by atoms with Gasteiger partial charge in [-0.1, -0.05) is 49.3 Å². The van der Waals surface area contributed by atoms with E-state index in [0.29, 0.717) is 11.5 Å². The van der Waals surface area contributed by atoms with Crippen LogP contribution in [0.1, 0.15) is 30.9 Å². The predicted molar refractivity (Wildman–Crippen MR) is 106 cm³/mol. The van der Waals surface area contributed by atoms with Crippen molar-refractivity contribution in [3.05, 3.63) is 59.7 Å². The molecule has 0 unspecified atom stereocenters. The van der Waals surface area contributed by atoms with E-state index in [1.54, 1.807) is 12.1 Å². The highest BCUT2D eigenvalue weighted by Crippen LogP contribution is 2.23. The SMILES string of the molecule is CC(C)c1ccc(CC(=O)Nc2nnc(-c3cccc(S(C)(=O)=O)c3)o2)cc1. The van der Waals surface area contributed by atoms with E-state index in [4.69, 9.17) is 4.42 Å². The van der Waals surface area contributed by atoms with E-state index in [0.717, 1.165) is 11.8 Å². The van der Waals surface area contributed by atoms with Crippen LogP contribution in [0, 0.1) is 0 Å². The van der Waals surface area contributed by atoms with E-state index in [9.17, 15) is 13.2 Å². The summed E-state index contributed by atoms with van der Waals surface area (Å²) >= 11 is 0. The Morgan fingerprint density at radius 1 is 1.11 bits per heavy atom. The summed E-state index contributed by atoms with van der Waals surface area (Å²) in [5, 5.41) is 10.2. The van der Waals surface area contributed by atoms with Crippen molar-refractivity contribution in [2.45, 2.75) is 31.1 Å². The lowest BCUT2D eigenvalue weighted by molar-refractivity contribution is -0.115. The van der Waals surface area contributed by atoms with Gasteiger partial charge in [-0.25, -0.2) is 8.42 Å². The first-order valence-corrected chi connectivity index (χ1v) is 10.6. The molecule has 0 radical (unpaired) electrons.